The minimum absolute atomic E-state index is 0.0436. The van der Waals surface area contributed by atoms with E-state index in [-0.39, 0.29) is 6.61 Å². The zero-order chi connectivity index (χ0) is 30.7. The fourth-order valence-electron chi connectivity index (χ4n) is 5.34. The van der Waals surface area contributed by atoms with Crippen LogP contribution >= 0.6 is 0 Å². The highest BCUT2D eigenvalue weighted by Crippen LogP contribution is 2.33. The molecule has 0 aliphatic heterocycles. The molecule has 2 aromatic heterocycles. The summed E-state index contributed by atoms with van der Waals surface area (Å²) >= 11 is 0. The minimum Gasteiger partial charge on any atom is -0.392 e. The Morgan fingerprint density at radius 2 is 1.64 bits per heavy atom. The highest BCUT2D eigenvalue weighted by molar-refractivity contribution is 6.76. The van der Waals surface area contributed by atoms with Crippen LogP contribution in [-0.2, 0) is 29.4 Å². The maximum absolute atomic E-state index is 9.77. The number of ether oxygens (including phenoxy) is 2. The van der Waals surface area contributed by atoms with E-state index in [2.05, 4.69) is 84.1 Å². The Balaban J connectivity index is 1.44. The average molecular weight is 606 g/mol. The number of hydrogen-bond donors (Lipinski definition) is 2. The molecule has 2 heterocycles. The number of imidazole rings is 1. The van der Waals surface area contributed by atoms with Crippen molar-refractivity contribution in [2.45, 2.75) is 45.6 Å². The maximum Gasteiger partial charge on any atom is 0.214 e. The molecule has 226 valence electrons. The number of methoxy groups -OCH3 is 1. The molecule has 0 bridgehead atoms. The molecule has 6 aromatic rings. The van der Waals surface area contributed by atoms with Gasteiger partial charge in [-0.25, -0.2) is 9.67 Å². The van der Waals surface area contributed by atoms with Crippen LogP contribution in [0.4, 0.5) is 11.8 Å². The number of aliphatic hydroxyl groups excluding tert-OH is 1. The summed E-state index contributed by atoms with van der Waals surface area (Å²) in [6, 6.07) is 31.9. The van der Waals surface area contributed by atoms with Crippen LogP contribution < -0.4 is 5.32 Å². The van der Waals surface area contributed by atoms with Gasteiger partial charge >= 0.3 is 0 Å². The van der Waals surface area contributed by atoms with Crippen LogP contribution in [0, 0.1) is 0 Å². The van der Waals surface area contributed by atoms with Gasteiger partial charge in [0.2, 0.25) is 5.95 Å². The van der Waals surface area contributed by atoms with Gasteiger partial charge in [-0.2, -0.15) is 5.10 Å². The lowest BCUT2D eigenvalue weighted by Gasteiger charge is -2.15. The SMILES string of the molecule is COCc1cccc(-c2ccc3c(c2)c(Nc2nc4cc(CO)ccc4n2-c2ccccc2)nn3COCC[Si](C)(C)C)c1. The third-order valence-corrected chi connectivity index (χ3v) is 9.38. The van der Waals surface area contributed by atoms with Crippen LogP contribution in [0.15, 0.2) is 91.0 Å². The van der Waals surface area contributed by atoms with Gasteiger partial charge in [-0.15, -0.1) is 0 Å². The molecule has 0 saturated carbocycles. The van der Waals surface area contributed by atoms with Crippen LogP contribution in [0.5, 0.6) is 0 Å². The number of para-hydroxylation sites is 1. The van der Waals surface area contributed by atoms with Gasteiger partial charge in [0.15, 0.2) is 5.82 Å². The second-order valence-corrected chi connectivity index (χ2v) is 17.9. The number of nitrogens with zero attached hydrogens (tertiary/aromatic N) is 4. The summed E-state index contributed by atoms with van der Waals surface area (Å²) in [5, 5.41) is 19.3. The average Bonchev–Trinajstić information content (AvgIpc) is 3.56. The molecule has 0 atom stereocenters. The number of nitrogens with one attached hydrogen (secondary N) is 1. The van der Waals surface area contributed by atoms with E-state index in [4.69, 9.17) is 19.6 Å². The summed E-state index contributed by atoms with van der Waals surface area (Å²) in [4.78, 5) is 4.98. The predicted molar refractivity (Wildman–Crippen MR) is 180 cm³/mol. The molecule has 0 aliphatic rings. The molecule has 0 aliphatic carbocycles. The lowest BCUT2D eigenvalue weighted by atomic mass is 10.0. The zero-order valence-corrected chi connectivity index (χ0v) is 26.7. The Kier molecular flexibility index (Phi) is 8.63. The van der Waals surface area contributed by atoms with E-state index in [1.807, 2.05) is 41.1 Å². The summed E-state index contributed by atoms with van der Waals surface area (Å²) in [6.45, 7) is 8.65. The molecular weight excluding hydrogens is 567 g/mol. The predicted octanol–water partition coefficient (Wildman–Crippen LogP) is 7.74. The van der Waals surface area contributed by atoms with E-state index < -0.39 is 8.07 Å². The van der Waals surface area contributed by atoms with Gasteiger partial charge in [-0.05, 0) is 70.8 Å². The fraction of sp³-hybridized carbons (Fsp3) is 0.257. The first kappa shape index (κ1) is 29.8. The molecule has 0 unspecified atom stereocenters. The smallest absolute Gasteiger partial charge is 0.214 e. The maximum atomic E-state index is 9.77. The molecule has 0 radical (unpaired) electrons. The van der Waals surface area contributed by atoms with Gasteiger partial charge in [-0.1, -0.05) is 68.2 Å². The molecular formula is C35H39N5O3Si. The van der Waals surface area contributed by atoms with E-state index in [9.17, 15) is 5.11 Å². The summed E-state index contributed by atoms with van der Waals surface area (Å²) in [5.41, 5.74) is 7.80. The van der Waals surface area contributed by atoms with Gasteiger partial charge in [-0.3, -0.25) is 4.57 Å². The first-order chi connectivity index (χ1) is 21.3. The van der Waals surface area contributed by atoms with Gasteiger partial charge in [0.1, 0.15) is 6.73 Å². The van der Waals surface area contributed by atoms with Crippen molar-refractivity contribution in [3.63, 3.8) is 0 Å². The highest BCUT2D eigenvalue weighted by Gasteiger charge is 2.19. The minimum atomic E-state index is -1.22. The number of hydrogen-bond acceptors (Lipinski definition) is 6. The Labute approximate surface area is 258 Å². The van der Waals surface area contributed by atoms with Crippen LogP contribution in [0.2, 0.25) is 25.7 Å². The van der Waals surface area contributed by atoms with E-state index in [0.29, 0.717) is 31.7 Å². The highest BCUT2D eigenvalue weighted by atomic mass is 28.3. The zero-order valence-electron chi connectivity index (χ0n) is 25.7. The first-order valence-electron chi connectivity index (χ1n) is 14.9. The topological polar surface area (TPSA) is 86.4 Å². The number of fused-ring (bicyclic) bond motifs is 2. The lowest BCUT2D eigenvalue weighted by Crippen LogP contribution is -2.22. The third kappa shape index (κ3) is 6.46. The van der Waals surface area contributed by atoms with Crippen molar-refractivity contribution in [1.82, 2.24) is 19.3 Å². The number of anilines is 2. The van der Waals surface area contributed by atoms with E-state index in [1.165, 1.54) is 0 Å². The quantitative estimate of drug-likeness (QED) is 0.110. The Bertz CT molecular complexity index is 1890. The Morgan fingerprint density at radius 1 is 0.841 bits per heavy atom. The molecule has 2 N–H and O–H groups in total. The van der Waals surface area contributed by atoms with Crippen molar-refractivity contribution in [2.24, 2.45) is 0 Å². The largest absolute Gasteiger partial charge is 0.392 e. The monoisotopic (exact) mass is 605 g/mol. The van der Waals surface area contributed by atoms with E-state index >= 15 is 0 Å². The summed E-state index contributed by atoms with van der Waals surface area (Å²) in [7, 11) is 0.497. The van der Waals surface area contributed by atoms with Crippen LogP contribution in [0.1, 0.15) is 11.1 Å². The fourth-order valence-corrected chi connectivity index (χ4v) is 6.10. The standard InChI is InChI=1S/C35H39N5O3Si/c1-42-23-26-9-8-10-27(19-26)28-14-16-32-30(21-28)34(38-39(32)24-43-17-18-44(2,3)4)37-35-36-31-20-25(22-41)13-15-33(31)40(35)29-11-6-5-7-12-29/h5-16,19-21,41H,17-18,22-24H2,1-4H3,(H,36,37,38). The second kappa shape index (κ2) is 12.8. The summed E-state index contributed by atoms with van der Waals surface area (Å²) < 4.78 is 15.5. The van der Waals surface area contributed by atoms with Gasteiger partial charge in [0.05, 0.1) is 29.8 Å². The molecule has 9 heteroatoms. The van der Waals surface area contributed by atoms with E-state index in [1.54, 1.807) is 7.11 Å². The van der Waals surface area contributed by atoms with Crippen molar-refractivity contribution in [3.05, 3.63) is 102 Å². The lowest BCUT2D eigenvalue weighted by molar-refractivity contribution is 0.0819. The molecule has 44 heavy (non-hydrogen) atoms. The van der Waals surface area contributed by atoms with Crippen molar-refractivity contribution >= 4 is 41.8 Å². The van der Waals surface area contributed by atoms with Crippen LogP contribution in [-0.4, -0.2) is 46.2 Å². The number of rotatable bonds is 12. The van der Waals surface area contributed by atoms with Gasteiger partial charge in [0.25, 0.3) is 0 Å². The number of aromatic nitrogens is 4. The molecule has 4 aromatic carbocycles. The van der Waals surface area contributed by atoms with Gasteiger partial charge < -0.3 is 19.9 Å². The van der Waals surface area contributed by atoms with Crippen molar-refractivity contribution in [1.29, 1.82) is 0 Å². The Morgan fingerprint density at radius 3 is 2.41 bits per heavy atom. The molecule has 8 nitrogen and oxygen atoms in total. The second-order valence-electron chi connectivity index (χ2n) is 12.3. The van der Waals surface area contributed by atoms with Crippen molar-refractivity contribution < 1.29 is 14.6 Å². The van der Waals surface area contributed by atoms with E-state index in [0.717, 1.165) is 55.9 Å². The normalized spacial score (nSPS) is 11.9. The summed E-state index contributed by atoms with van der Waals surface area (Å²) in [6.07, 6.45) is 0. The molecule has 0 spiro atoms. The van der Waals surface area contributed by atoms with Gasteiger partial charge in [0, 0.05) is 32.9 Å². The van der Waals surface area contributed by atoms with Crippen molar-refractivity contribution in [3.8, 4) is 16.8 Å². The number of benzene rings is 4. The molecule has 0 fully saturated rings. The van der Waals surface area contributed by atoms with Crippen LogP contribution in [0.3, 0.4) is 0 Å². The molecule has 0 saturated heterocycles. The number of aliphatic hydroxyl groups is 1. The molecule has 6 rings (SSSR count). The summed E-state index contributed by atoms with van der Waals surface area (Å²) in [5.74, 6) is 1.33. The van der Waals surface area contributed by atoms with Crippen molar-refractivity contribution in [2.75, 3.05) is 19.0 Å². The molecule has 0 amide bonds. The first-order valence-corrected chi connectivity index (χ1v) is 18.6. The Hall–Kier alpha value is -4.28. The third-order valence-electron chi connectivity index (χ3n) is 7.68. The van der Waals surface area contributed by atoms with Crippen LogP contribution in [0.25, 0.3) is 38.8 Å².